The summed E-state index contributed by atoms with van der Waals surface area (Å²) in [6, 6.07) is 10.8. The molecule has 1 atom stereocenters. The van der Waals surface area contributed by atoms with Crippen molar-refractivity contribution >= 4 is 11.3 Å². The van der Waals surface area contributed by atoms with Gasteiger partial charge >= 0.3 is 0 Å². The fourth-order valence-corrected chi connectivity index (χ4v) is 3.00. The highest BCUT2D eigenvalue weighted by molar-refractivity contribution is 5.75. The molecule has 1 fully saturated rings. The lowest BCUT2D eigenvalue weighted by Gasteiger charge is -2.17. The van der Waals surface area contributed by atoms with E-state index in [1.54, 1.807) is 6.20 Å². The number of rotatable bonds is 2. The molecule has 2 N–H and O–H groups in total. The first-order chi connectivity index (χ1) is 10.7. The van der Waals surface area contributed by atoms with Gasteiger partial charge in [-0.25, -0.2) is 9.50 Å². The molecule has 1 aromatic carbocycles. The van der Waals surface area contributed by atoms with Crippen LogP contribution in [0, 0.1) is 6.92 Å². The highest BCUT2D eigenvalue weighted by Gasteiger charge is 2.22. The summed E-state index contributed by atoms with van der Waals surface area (Å²) in [6.07, 6.45) is 4.71. The van der Waals surface area contributed by atoms with E-state index in [1.165, 1.54) is 5.56 Å². The average molecular weight is 293 g/mol. The lowest BCUT2D eigenvalue weighted by molar-refractivity contribution is 0.751. The average Bonchev–Trinajstić information content (AvgIpc) is 3.13. The van der Waals surface area contributed by atoms with E-state index < -0.39 is 0 Å². The van der Waals surface area contributed by atoms with Crippen molar-refractivity contribution in [1.82, 2.24) is 14.6 Å². The predicted molar refractivity (Wildman–Crippen MR) is 88.0 cm³/mol. The van der Waals surface area contributed by atoms with Crippen LogP contribution >= 0.6 is 0 Å². The molecule has 0 aliphatic carbocycles. The number of hydrogen-bond donors (Lipinski definition) is 1. The molecule has 0 amide bonds. The Morgan fingerprint density at radius 3 is 2.77 bits per heavy atom. The zero-order chi connectivity index (χ0) is 15.1. The Balaban J connectivity index is 1.79. The van der Waals surface area contributed by atoms with Crippen LogP contribution in [0.15, 0.2) is 42.7 Å². The van der Waals surface area contributed by atoms with E-state index in [1.807, 2.05) is 10.7 Å². The Morgan fingerprint density at radius 1 is 1.23 bits per heavy atom. The molecule has 5 nitrogen and oxygen atoms in total. The molecule has 2 aromatic heterocycles. The Bertz CT molecular complexity index is 806. The first-order valence-corrected chi connectivity index (χ1v) is 7.63. The van der Waals surface area contributed by atoms with Crippen LogP contribution in [0.1, 0.15) is 12.0 Å². The van der Waals surface area contributed by atoms with Crippen LogP contribution in [-0.4, -0.2) is 33.7 Å². The number of nitrogens with two attached hydrogens (primary N) is 1. The van der Waals surface area contributed by atoms with Crippen LogP contribution < -0.4 is 10.6 Å². The highest BCUT2D eigenvalue weighted by atomic mass is 15.3. The quantitative estimate of drug-likeness (QED) is 0.787. The second-order valence-corrected chi connectivity index (χ2v) is 5.97. The van der Waals surface area contributed by atoms with Crippen LogP contribution in [-0.2, 0) is 0 Å². The van der Waals surface area contributed by atoms with E-state index in [4.69, 9.17) is 5.73 Å². The minimum Gasteiger partial charge on any atom is -0.353 e. The summed E-state index contributed by atoms with van der Waals surface area (Å²) in [7, 11) is 0. The predicted octanol–water partition coefficient (Wildman–Crippen LogP) is 2.24. The van der Waals surface area contributed by atoms with Gasteiger partial charge in [-0.2, -0.15) is 5.10 Å². The van der Waals surface area contributed by atoms with Gasteiger partial charge in [-0.1, -0.05) is 29.8 Å². The number of aryl methyl sites for hydroxylation is 1. The second-order valence-electron chi connectivity index (χ2n) is 5.97. The largest absolute Gasteiger partial charge is 0.353 e. The molecule has 3 aromatic rings. The van der Waals surface area contributed by atoms with Gasteiger partial charge in [0.2, 0.25) is 0 Å². The summed E-state index contributed by atoms with van der Waals surface area (Å²) in [4.78, 5) is 6.80. The Labute approximate surface area is 129 Å². The molecule has 1 unspecified atom stereocenters. The molecular formula is C17H19N5. The third-order valence-electron chi connectivity index (χ3n) is 4.24. The van der Waals surface area contributed by atoms with E-state index in [9.17, 15) is 0 Å². The van der Waals surface area contributed by atoms with Crippen molar-refractivity contribution in [3.8, 4) is 11.3 Å². The number of hydrogen-bond acceptors (Lipinski definition) is 4. The Kier molecular flexibility index (Phi) is 3.08. The molecular weight excluding hydrogens is 274 g/mol. The molecule has 1 saturated heterocycles. The first kappa shape index (κ1) is 13.3. The number of aromatic nitrogens is 3. The van der Waals surface area contributed by atoms with Crippen molar-refractivity contribution in [3.63, 3.8) is 0 Å². The molecule has 0 spiro atoms. The number of benzene rings is 1. The third-order valence-corrected chi connectivity index (χ3v) is 4.24. The standard InChI is InChI=1S/C17H19N5/c1-12-2-4-13(5-3-12)15-10-16-17(19-7-9-22(16)20-15)21-8-6-14(18)11-21/h2-5,7,9-10,14H,6,8,11,18H2,1H3. The number of nitrogens with zero attached hydrogens (tertiary/aromatic N) is 4. The van der Waals surface area contributed by atoms with Gasteiger partial charge in [0, 0.05) is 37.1 Å². The molecule has 5 heteroatoms. The zero-order valence-electron chi connectivity index (χ0n) is 12.6. The van der Waals surface area contributed by atoms with Gasteiger partial charge in [-0.3, -0.25) is 0 Å². The Hall–Kier alpha value is -2.40. The van der Waals surface area contributed by atoms with E-state index in [2.05, 4.69) is 52.2 Å². The topological polar surface area (TPSA) is 59.5 Å². The molecule has 112 valence electrons. The lowest BCUT2D eigenvalue weighted by Crippen LogP contribution is -2.27. The van der Waals surface area contributed by atoms with Crippen molar-refractivity contribution in [2.75, 3.05) is 18.0 Å². The normalized spacial score (nSPS) is 18.3. The van der Waals surface area contributed by atoms with Crippen molar-refractivity contribution < 1.29 is 0 Å². The van der Waals surface area contributed by atoms with Gasteiger partial charge < -0.3 is 10.6 Å². The molecule has 1 aliphatic rings. The number of anilines is 1. The molecule has 0 radical (unpaired) electrons. The van der Waals surface area contributed by atoms with Crippen LogP contribution in [0.2, 0.25) is 0 Å². The van der Waals surface area contributed by atoms with Crippen molar-refractivity contribution in [3.05, 3.63) is 48.3 Å². The maximum atomic E-state index is 6.03. The fraction of sp³-hybridized carbons (Fsp3) is 0.294. The summed E-state index contributed by atoms with van der Waals surface area (Å²) in [6.45, 7) is 3.91. The fourth-order valence-electron chi connectivity index (χ4n) is 3.00. The van der Waals surface area contributed by atoms with Gasteiger partial charge in [-0.05, 0) is 19.4 Å². The van der Waals surface area contributed by atoms with E-state index in [0.717, 1.165) is 42.1 Å². The molecule has 4 rings (SSSR count). The van der Waals surface area contributed by atoms with E-state index in [0.29, 0.717) is 0 Å². The van der Waals surface area contributed by atoms with Gasteiger partial charge in [0.05, 0.1) is 5.69 Å². The lowest BCUT2D eigenvalue weighted by atomic mass is 10.1. The van der Waals surface area contributed by atoms with Crippen molar-refractivity contribution in [2.24, 2.45) is 5.73 Å². The summed E-state index contributed by atoms with van der Waals surface area (Å²) in [5.74, 6) is 0.973. The molecule has 3 heterocycles. The van der Waals surface area contributed by atoms with Crippen LogP contribution in [0.5, 0.6) is 0 Å². The van der Waals surface area contributed by atoms with Gasteiger partial charge in [0.25, 0.3) is 0 Å². The monoisotopic (exact) mass is 293 g/mol. The van der Waals surface area contributed by atoms with Crippen molar-refractivity contribution in [1.29, 1.82) is 0 Å². The van der Waals surface area contributed by atoms with Crippen molar-refractivity contribution in [2.45, 2.75) is 19.4 Å². The smallest absolute Gasteiger partial charge is 0.154 e. The number of fused-ring (bicyclic) bond motifs is 1. The summed E-state index contributed by atoms with van der Waals surface area (Å²) in [5, 5.41) is 4.68. The maximum absolute atomic E-state index is 6.03. The minimum atomic E-state index is 0.238. The van der Waals surface area contributed by atoms with Crippen LogP contribution in [0.25, 0.3) is 16.8 Å². The maximum Gasteiger partial charge on any atom is 0.154 e. The Morgan fingerprint density at radius 2 is 2.05 bits per heavy atom. The van der Waals surface area contributed by atoms with Crippen LogP contribution in [0.3, 0.4) is 0 Å². The van der Waals surface area contributed by atoms with Gasteiger partial charge in [0.1, 0.15) is 5.52 Å². The zero-order valence-corrected chi connectivity index (χ0v) is 12.6. The van der Waals surface area contributed by atoms with Gasteiger partial charge in [-0.15, -0.1) is 0 Å². The molecule has 1 aliphatic heterocycles. The minimum absolute atomic E-state index is 0.238. The third kappa shape index (κ3) is 2.23. The summed E-state index contributed by atoms with van der Waals surface area (Å²) >= 11 is 0. The molecule has 0 saturated carbocycles. The SMILES string of the molecule is Cc1ccc(-c2cc3c(N4CCC(N)C4)nccn3n2)cc1. The second kappa shape index (κ2) is 5.10. The summed E-state index contributed by atoms with van der Waals surface area (Å²) in [5.41, 5.74) is 10.4. The van der Waals surface area contributed by atoms with E-state index >= 15 is 0 Å². The molecule has 22 heavy (non-hydrogen) atoms. The first-order valence-electron chi connectivity index (χ1n) is 7.63. The summed E-state index contributed by atoms with van der Waals surface area (Å²) < 4.78 is 1.90. The van der Waals surface area contributed by atoms with Gasteiger partial charge in [0.15, 0.2) is 5.82 Å². The molecule has 0 bridgehead atoms. The van der Waals surface area contributed by atoms with Crippen LogP contribution in [0.4, 0.5) is 5.82 Å². The highest BCUT2D eigenvalue weighted by Crippen LogP contribution is 2.27. The van der Waals surface area contributed by atoms with E-state index in [-0.39, 0.29) is 6.04 Å².